The summed E-state index contributed by atoms with van der Waals surface area (Å²) < 4.78 is 0. The van der Waals surface area contributed by atoms with Crippen LogP contribution in [0.5, 0.6) is 0 Å². The number of carbonyl (C=O) groups is 2. The van der Waals surface area contributed by atoms with Crippen LogP contribution in [0.15, 0.2) is 24.3 Å². The lowest BCUT2D eigenvalue weighted by atomic mass is 10.2. The van der Waals surface area contributed by atoms with Gasteiger partial charge in [-0.25, -0.2) is 0 Å². The standard InChI is InChI=1S/C12H13NO4/c14-6-7-1-3-8(4-2-7)13-11(15)9-5-10(9)12(16)17/h1-4,9-10,14H,5-6H2,(H,13,15)(H,16,17). The lowest BCUT2D eigenvalue weighted by Gasteiger charge is -2.04. The van der Waals surface area contributed by atoms with Crippen molar-refractivity contribution in [2.75, 3.05) is 5.32 Å². The molecule has 5 nitrogen and oxygen atoms in total. The summed E-state index contributed by atoms with van der Waals surface area (Å²) in [5, 5.41) is 20.2. The quantitative estimate of drug-likeness (QED) is 0.721. The number of aliphatic carboxylic acids is 1. The number of benzene rings is 1. The highest BCUT2D eigenvalue weighted by molar-refractivity contribution is 5.98. The molecule has 0 aromatic heterocycles. The van der Waals surface area contributed by atoms with Gasteiger partial charge in [0.2, 0.25) is 5.91 Å². The van der Waals surface area contributed by atoms with Crippen molar-refractivity contribution in [1.29, 1.82) is 0 Å². The summed E-state index contributed by atoms with van der Waals surface area (Å²) in [4.78, 5) is 22.2. The fourth-order valence-corrected chi connectivity index (χ4v) is 1.69. The van der Waals surface area contributed by atoms with Crippen molar-refractivity contribution in [3.05, 3.63) is 29.8 Å². The van der Waals surface area contributed by atoms with Gasteiger partial charge in [0.05, 0.1) is 18.4 Å². The van der Waals surface area contributed by atoms with Crippen LogP contribution in [0.3, 0.4) is 0 Å². The van der Waals surface area contributed by atoms with Gasteiger partial charge in [-0.05, 0) is 24.1 Å². The van der Waals surface area contributed by atoms with Crippen LogP contribution in [-0.4, -0.2) is 22.1 Å². The Kier molecular flexibility index (Phi) is 3.10. The maximum atomic E-state index is 11.6. The molecule has 90 valence electrons. The molecular formula is C12H13NO4. The molecule has 2 unspecified atom stereocenters. The van der Waals surface area contributed by atoms with Crippen LogP contribution < -0.4 is 5.32 Å². The molecular weight excluding hydrogens is 222 g/mol. The number of hydrogen-bond acceptors (Lipinski definition) is 3. The third-order valence-electron chi connectivity index (χ3n) is 2.85. The predicted octanol–water partition coefficient (Wildman–Crippen LogP) is 0.838. The van der Waals surface area contributed by atoms with E-state index in [1.54, 1.807) is 24.3 Å². The van der Waals surface area contributed by atoms with Crippen LogP contribution in [-0.2, 0) is 16.2 Å². The van der Waals surface area contributed by atoms with Gasteiger partial charge in [0, 0.05) is 5.69 Å². The lowest BCUT2D eigenvalue weighted by Crippen LogP contribution is -2.16. The maximum absolute atomic E-state index is 11.6. The van der Waals surface area contributed by atoms with Gasteiger partial charge in [-0.2, -0.15) is 0 Å². The van der Waals surface area contributed by atoms with Gasteiger partial charge in [0.1, 0.15) is 0 Å². The zero-order valence-corrected chi connectivity index (χ0v) is 9.09. The maximum Gasteiger partial charge on any atom is 0.307 e. The molecule has 0 bridgehead atoms. The molecule has 17 heavy (non-hydrogen) atoms. The number of hydrogen-bond donors (Lipinski definition) is 3. The third-order valence-corrected chi connectivity index (χ3v) is 2.85. The van der Waals surface area contributed by atoms with E-state index in [0.29, 0.717) is 12.1 Å². The minimum Gasteiger partial charge on any atom is -0.481 e. The van der Waals surface area contributed by atoms with Crippen molar-refractivity contribution in [3.63, 3.8) is 0 Å². The van der Waals surface area contributed by atoms with Crippen molar-refractivity contribution in [2.24, 2.45) is 11.8 Å². The number of aliphatic hydroxyl groups excluding tert-OH is 1. The van der Waals surface area contributed by atoms with Gasteiger partial charge in [0.25, 0.3) is 0 Å². The Morgan fingerprint density at radius 3 is 2.35 bits per heavy atom. The molecule has 1 aliphatic rings. The van der Waals surface area contributed by atoms with E-state index in [-0.39, 0.29) is 12.5 Å². The Morgan fingerprint density at radius 1 is 1.24 bits per heavy atom. The highest BCUT2D eigenvalue weighted by Gasteiger charge is 2.48. The average Bonchev–Trinajstić information content (AvgIpc) is 3.10. The van der Waals surface area contributed by atoms with E-state index < -0.39 is 17.8 Å². The predicted molar refractivity (Wildman–Crippen MR) is 60.2 cm³/mol. The van der Waals surface area contributed by atoms with Crippen LogP contribution in [0.2, 0.25) is 0 Å². The number of aliphatic hydroxyl groups is 1. The first kappa shape index (κ1) is 11.6. The van der Waals surface area contributed by atoms with Crippen molar-refractivity contribution in [2.45, 2.75) is 13.0 Å². The zero-order chi connectivity index (χ0) is 12.4. The largest absolute Gasteiger partial charge is 0.481 e. The third kappa shape index (κ3) is 2.62. The molecule has 2 rings (SSSR count). The normalized spacial score (nSPS) is 21.9. The average molecular weight is 235 g/mol. The van der Waals surface area contributed by atoms with Crippen LogP contribution in [0.1, 0.15) is 12.0 Å². The van der Waals surface area contributed by atoms with Crippen molar-refractivity contribution >= 4 is 17.6 Å². The number of carboxylic acids is 1. The number of carboxylic acid groups (broad SMARTS) is 1. The molecule has 0 radical (unpaired) electrons. The summed E-state index contributed by atoms with van der Waals surface area (Å²) in [5.74, 6) is -2.12. The van der Waals surface area contributed by atoms with Gasteiger partial charge < -0.3 is 15.5 Å². The molecule has 0 aliphatic heterocycles. The Balaban J connectivity index is 1.93. The van der Waals surface area contributed by atoms with Gasteiger partial charge in [0.15, 0.2) is 0 Å². The van der Waals surface area contributed by atoms with E-state index in [9.17, 15) is 9.59 Å². The monoisotopic (exact) mass is 235 g/mol. The van der Waals surface area contributed by atoms with Crippen molar-refractivity contribution < 1.29 is 19.8 Å². The fraction of sp³-hybridized carbons (Fsp3) is 0.333. The van der Waals surface area contributed by atoms with Gasteiger partial charge in [-0.15, -0.1) is 0 Å². The van der Waals surface area contributed by atoms with E-state index in [4.69, 9.17) is 10.2 Å². The molecule has 1 aromatic rings. The highest BCUT2D eigenvalue weighted by Crippen LogP contribution is 2.39. The summed E-state index contributed by atoms with van der Waals surface area (Å²) in [5.41, 5.74) is 1.38. The number of nitrogens with one attached hydrogen (secondary N) is 1. The van der Waals surface area contributed by atoms with Crippen LogP contribution in [0, 0.1) is 11.8 Å². The Bertz CT molecular complexity index is 440. The smallest absolute Gasteiger partial charge is 0.307 e. The molecule has 1 fully saturated rings. The lowest BCUT2D eigenvalue weighted by molar-refractivity contribution is -0.139. The highest BCUT2D eigenvalue weighted by atomic mass is 16.4. The van der Waals surface area contributed by atoms with Crippen LogP contribution in [0.25, 0.3) is 0 Å². The van der Waals surface area contributed by atoms with E-state index in [0.717, 1.165) is 5.56 Å². The second-order valence-electron chi connectivity index (χ2n) is 4.13. The van der Waals surface area contributed by atoms with Crippen molar-refractivity contribution in [1.82, 2.24) is 0 Å². The first-order valence-corrected chi connectivity index (χ1v) is 5.35. The van der Waals surface area contributed by atoms with E-state index in [1.165, 1.54) is 0 Å². The second-order valence-corrected chi connectivity index (χ2v) is 4.13. The molecule has 1 saturated carbocycles. The first-order chi connectivity index (χ1) is 8.11. The van der Waals surface area contributed by atoms with E-state index >= 15 is 0 Å². The molecule has 0 saturated heterocycles. The van der Waals surface area contributed by atoms with Crippen LogP contribution >= 0.6 is 0 Å². The molecule has 0 heterocycles. The first-order valence-electron chi connectivity index (χ1n) is 5.35. The Morgan fingerprint density at radius 2 is 1.88 bits per heavy atom. The number of rotatable bonds is 4. The summed E-state index contributed by atoms with van der Waals surface area (Å²) in [6.07, 6.45) is 0.413. The summed E-state index contributed by atoms with van der Waals surface area (Å²) >= 11 is 0. The zero-order valence-electron chi connectivity index (χ0n) is 9.09. The topological polar surface area (TPSA) is 86.6 Å². The number of amides is 1. The van der Waals surface area contributed by atoms with E-state index in [2.05, 4.69) is 5.32 Å². The van der Waals surface area contributed by atoms with Crippen molar-refractivity contribution in [3.8, 4) is 0 Å². The number of anilines is 1. The SMILES string of the molecule is O=C(O)C1CC1C(=O)Nc1ccc(CO)cc1. The fourth-order valence-electron chi connectivity index (χ4n) is 1.69. The van der Waals surface area contributed by atoms with E-state index in [1.807, 2.05) is 0 Å². The summed E-state index contributed by atoms with van der Waals surface area (Å²) in [7, 11) is 0. The molecule has 0 spiro atoms. The molecule has 3 N–H and O–H groups in total. The minimum absolute atomic E-state index is 0.0437. The summed E-state index contributed by atoms with van der Waals surface area (Å²) in [6, 6.07) is 6.78. The Labute approximate surface area is 98.1 Å². The van der Waals surface area contributed by atoms with Crippen LogP contribution in [0.4, 0.5) is 5.69 Å². The molecule has 5 heteroatoms. The van der Waals surface area contributed by atoms with Gasteiger partial charge in [-0.1, -0.05) is 12.1 Å². The molecule has 1 amide bonds. The minimum atomic E-state index is -0.916. The van der Waals surface area contributed by atoms with Gasteiger partial charge >= 0.3 is 5.97 Å². The second kappa shape index (κ2) is 4.55. The molecule has 2 atom stereocenters. The summed E-state index contributed by atoms with van der Waals surface area (Å²) in [6.45, 7) is -0.0437. The molecule has 1 aliphatic carbocycles. The Hall–Kier alpha value is -1.88. The van der Waals surface area contributed by atoms with Gasteiger partial charge in [-0.3, -0.25) is 9.59 Å². The number of carbonyl (C=O) groups excluding carboxylic acids is 1. The molecule has 1 aromatic carbocycles.